The molecule has 0 aliphatic carbocycles. The van der Waals surface area contributed by atoms with E-state index in [-0.39, 0.29) is 16.6 Å². The number of benzene rings is 2. The van der Waals surface area contributed by atoms with Gasteiger partial charge in [0.2, 0.25) is 15.9 Å². The summed E-state index contributed by atoms with van der Waals surface area (Å²) in [5.41, 5.74) is 3.17. The SMILES string of the molecule is CCCCn1c(SCC(=O)Nc2ccc(C)cc2Br)nc2cc(S(N)(=O)=O)ccc21. The second-order valence-electron chi connectivity index (χ2n) is 6.92. The van der Waals surface area contributed by atoms with Crippen molar-refractivity contribution in [2.24, 2.45) is 5.14 Å². The lowest BCUT2D eigenvalue weighted by Crippen LogP contribution is -2.15. The Morgan fingerprint density at radius 1 is 1.27 bits per heavy atom. The highest BCUT2D eigenvalue weighted by Crippen LogP contribution is 2.28. The molecular weight excluding hydrogens is 488 g/mol. The molecule has 30 heavy (non-hydrogen) atoms. The minimum Gasteiger partial charge on any atom is -0.324 e. The molecule has 10 heteroatoms. The fourth-order valence-corrected chi connectivity index (χ4v) is 4.91. The number of rotatable bonds is 8. The Bertz CT molecular complexity index is 1190. The van der Waals surface area contributed by atoms with Crippen molar-refractivity contribution in [1.82, 2.24) is 9.55 Å². The Hall–Kier alpha value is -1.88. The zero-order valence-corrected chi connectivity index (χ0v) is 19.9. The van der Waals surface area contributed by atoms with E-state index in [2.05, 4.69) is 33.2 Å². The van der Waals surface area contributed by atoms with Crippen LogP contribution in [0.1, 0.15) is 25.3 Å². The van der Waals surface area contributed by atoms with Crippen molar-refractivity contribution >= 4 is 60.3 Å². The number of nitrogens with zero attached hydrogens (tertiary/aromatic N) is 2. The van der Waals surface area contributed by atoms with Crippen molar-refractivity contribution in [1.29, 1.82) is 0 Å². The van der Waals surface area contributed by atoms with Crippen LogP contribution >= 0.6 is 27.7 Å². The number of hydrogen-bond acceptors (Lipinski definition) is 5. The summed E-state index contributed by atoms with van der Waals surface area (Å²) >= 11 is 4.78. The molecule has 0 saturated heterocycles. The van der Waals surface area contributed by atoms with E-state index in [1.807, 2.05) is 29.7 Å². The summed E-state index contributed by atoms with van der Waals surface area (Å²) in [4.78, 5) is 17.0. The van der Waals surface area contributed by atoms with Crippen LogP contribution in [0.25, 0.3) is 11.0 Å². The molecule has 160 valence electrons. The van der Waals surface area contributed by atoms with Crippen LogP contribution in [0.4, 0.5) is 5.69 Å². The molecule has 2 aromatic carbocycles. The first-order valence-corrected chi connectivity index (χ1v) is 12.7. The van der Waals surface area contributed by atoms with Gasteiger partial charge in [0.15, 0.2) is 5.16 Å². The topological polar surface area (TPSA) is 107 Å². The third kappa shape index (κ3) is 5.42. The summed E-state index contributed by atoms with van der Waals surface area (Å²) in [5.74, 6) is 0.0292. The van der Waals surface area contributed by atoms with Crippen molar-refractivity contribution in [2.45, 2.75) is 43.3 Å². The molecule has 0 atom stereocenters. The van der Waals surface area contributed by atoms with E-state index < -0.39 is 10.0 Å². The molecule has 0 radical (unpaired) electrons. The van der Waals surface area contributed by atoms with E-state index in [1.165, 1.54) is 23.9 Å². The maximum atomic E-state index is 12.5. The molecule has 0 spiro atoms. The number of imidazole rings is 1. The van der Waals surface area contributed by atoms with Crippen LogP contribution in [0.2, 0.25) is 0 Å². The molecule has 0 aliphatic heterocycles. The second kappa shape index (κ2) is 9.51. The molecule has 1 amide bonds. The van der Waals surface area contributed by atoms with E-state index >= 15 is 0 Å². The van der Waals surface area contributed by atoms with Gasteiger partial charge in [-0.15, -0.1) is 0 Å². The van der Waals surface area contributed by atoms with Gasteiger partial charge in [0.25, 0.3) is 0 Å². The van der Waals surface area contributed by atoms with Gasteiger partial charge < -0.3 is 9.88 Å². The average Bonchev–Trinajstić information content (AvgIpc) is 3.03. The number of sulfonamides is 1. The Kier molecular flexibility index (Phi) is 7.22. The number of nitrogens with one attached hydrogen (secondary N) is 1. The fraction of sp³-hybridized carbons (Fsp3) is 0.300. The minimum atomic E-state index is -3.81. The van der Waals surface area contributed by atoms with E-state index in [0.29, 0.717) is 16.4 Å². The number of primary sulfonamides is 1. The van der Waals surface area contributed by atoms with Crippen LogP contribution < -0.4 is 10.5 Å². The number of thioether (sulfide) groups is 1. The monoisotopic (exact) mass is 510 g/mol. The van der Waals surface area contributed by atoms with Gasteiger partial charge in [0.1, 0.15) is 0 Å². The maximum absolute atomic E-state index is 12.5. The van der Waals surface area contributed by atoms with Gasteiger partial charge in [-0.2, -0.15) is 0 Å². The number of carbonyl (C=O) groups excluding carboxylic acids is 1. The molecule has 3 N–H and O–H groups in total. The van der Waals surface area contributed by atoms with Crippen LogP contribution in [-0.2, 0) is 21.4 Å². The summed E-state index contributed by atoms with van der Waals surface area (Å²) in [6, 6.07) is 10.4. The van der Waals surface area contributed by atoms with E-state index in [0.717, 1.165) is 34.9 Å². The van der Waals surface area contributed by atoms with Gasteiger partial charge in [0.05, 0.1) is 27.4 Å². The number of anilines is 1. The predicted molar refractivity (Wildman–Crippen MR) is 124 cm³/mol. The average molecular weight is 511 g/mol. The smallest absolute Gasteiger partial charge is 0.238 e. The highest BCUT2D eigenvalue weighted by atomic mass is 79.9. The summed E-state index contributed by atoms with van der Waals surface area (Å²) < 4.78 is 26.2. The van der Waals surface area contributed by atoms with E-state index in [4.69, 9.17) is 5.14 Å². The normalized spacial score (nSPS) is 11.7. The maximum Gasteiger partial charge on any atom is 0.238 e. The van der Waals surface area contributed by atoms with Crippen LogP contribution in [0.15, 0.2) is 50.9 Å². The fourth-order valence-electron chi connectivity index (χ4n) is 2.94. The lowest BCUT2D eigenvalue weighted by atomic mass is 10.2. The van der Waals surface area contributed by atoms with Crippen LogP contribution in [0.5, 0.6) is 0 Å². The molecule has 0 saturated carbocycles. The largest absolute Gasteiger partial charge is 0.324 e. The lowest BCUT2D eigenvalue weighted by molar-refractivity contribution is -0.113. The number of aromatic nitrogens is 2. The number of hydrogen-bond donors (Lipinski definition) is 2. The molecule has 3 rings (SSSR count). The predicted octanol–water partition coefficient (Wildman–Crippen LogP) is 4.29. The first kappa shape index (κ1) is 22.8. The molecule has 0 aliphatic rings. The molecule has 7 nitrogen and oxygen atoms in total. The zero-order chi connectivity index (χ0) is 21.9. The van der Waals surface area contributed by atoms with Gasteiger partial charge in [-0.3, -0.25) is 4.79 Å². The first-order chi connectivity index (χ1) is 14.2. The lowest BCUT2D eigenvalue weighted by Gasteiger charge is -2.10. The van der Waals surface area contributed by atoms with E-state index in [9.17, 15) is 13.2 Å². The molecule has 1 heterocycles. The highest BCUT2D eigenvalue weighted by molar-refractivity contribution is 9.10. The van der Waals surface area contributed by atoms with Crippen molar-refractivity contribution < 1.29 is 13.2 Å². The molecule has 0 bridgehead atoms. The van der Waals surface area contributed by atoms with Crippen LogP contribution in [0, 0.1) is 6.92 Å². The summed E-state index contributed by atoms with van der Waals surface area (Å²) in [7, 11) is -3.81. The Morgan fingerprint density at radius 2 is 2.03 bits per heavy atom. The molecule has 1 aromatic heterocycles. The van der Waals surface area contributed by atoms with Crippen molar-refractivity contribution in [3.8, 4) is 0 Å². The number of unbranched alkanes of at least 4 members (excludes halogenated alkanes) is 1. The summed E-state index contributed by atoms with van der Waals surface area (Å²) in [5, 5.41) is 8.80. The van der Waals surface area contributed by atoms with E-state index in [1.54, 1.807) is 6.07 Å². The Labute approximate surface area is 188 Å². The molecule has 0 fully saturated rings. The second-order valence-corrected chi connectivity index (χ2v) is 10.3. The summed E-state index contributed by atoms with van der Waals surface area (Å²) in [6.45, 7) is 4.81. The number of halogens is 1. The first-order valence-electron chi connectivity index (χ1n) is 9.41. The number of aryl methyl sites for hydroxylation is 2. The number of fused-ring (bicyclic) bond motifs is 1. The quantitative estimate of drug-likeness (QED) is 0.439. The minimum absolute atomic E-state index is 0.0219. The van der Waals surface area contributed by atoms with Crippen molar-refractivity contribution in [3.05, 3.63) is 46.4 Å². The van der Waals surface area contributed by atoms with Gasteiger partial charge in [-0.25, -0.2) is 18.5 Å². The van der Waals surface area contributed by atoms with Crippen molar-refractivity contribution in [3.63, 3.8) is 0 Å². The van der Waals surface area contributed by atoms with Gasteiger partial charge in [0, 0.05) is 11.0 Å². The summed E-state index contributed by atoms with van der Waals surface area (Å²) in [6.07, 6.45) is 1.94. The molecular formula is C20H23BrN4O3S2. The third-order valence-electron chi connectivity index (χ3n) is 4.48. The molecule has 0 unspecified atom stereocenters. The molecule has 3 aromatic rings. The number of amides is 1. The van der Waals surface area contributed by atoms with Gasteiger partial charge in [-0.05, 0) is 65.2 Å². The zero-order valence-electron chi connectivity index (χ0n) is 16.7. The van der Waals surface area contributed by atoms with Gasteiger partial charge in [-0.1, -0.05) is 31.2 Å². The number of carbonyl (C=O) groups is 1. The Balaban J connectivity index is 1.82. The standard InChI is InChI=1S/C20H23BrN4O3S2/c1-3-4-9-25-18-8-6-14(30(22,27)28)11-17(18)24-20(25)29-12-19(26)23-16-7-5-13(2)10-15(16)21/h5-8,10-11H,3-4,9,12H2,1-2H3,(H,23,26)(H2,22,27,28). The van der Waals surface area contributed by atoms with Crippen LogP contribution in [-0.4, -0.2) is 29.6 Å². The number of nitrogens with two attached hydrogens (primary N) is 1. The Morgan fingerprint density at radius 3 is 2.70 bits per heavy atom. The highest BCUT2D eigenvalue weighted by Gasteiger charge is 2.16. The van der Waals surface area contributed by atoms with Crippen LogP contribution in [0.3, 0.4) is 0 Å². The van der Waals surface area contributed by atoms with Crippen molar-refractivity contribution in [2.75, 3.05) is 11.1 Å². The van der Waals surface area contributed by atoms with Gasteiger partial charge >= 0.3 is 0 Å². The third-order valence-corrected chi connectivity index (χ3v) is 7.02.